The Bertz CT molecular complexity index is 142. The lowest BCUT2D eigenvalue weighted by molar-refractivity contribution is 0.513. The van der Waals surface area contributed by atoms with E-state index in [4.69, 9.17) is 11.5 Å². The molecule has 1 N–H and O–H groups in total. The van der Waals surface area contributed by atoms with Crippen molar-refractivity contribution in [3.63, 3.8) is 0 Å². The second kappa shape index (κ2) is 4.09. The first kappa shape index (κ1) is 6.92. The van der Waals surface area contributed by atoms with Gasteiger partial charge in [-0.2, -0.15) is 0 Å². The number of rotatable bonds is 1. The lowest BCUT2D eigenvalue weighted by atomic mass is 10.1. The molecule has 1 atom stereocenters. The Balaban J connectivity index is 3.47. The van der Waals surface area contributed by atoms with Gasteiger partial charge in [-0.1, -0.05) is 12.8 Å². The van der Waals surface area contributed by atoms with E-state index in [-0.39, 0.29) is 5.92 Å². The van der Waals surface area contributed by atoms with Gasteiger partial charge in [0.15, 0.2) is 0 Å². The van der Waals surface area contributed by atoms with Gasteiger partial charge in [0.2, 0.25) is 0 Å². The molecule has 0 bridgehead atoms. The summed E-state index contributed by atoms with van der Waals surface area (Å²) in [5.41, 5.74) is 0. The first-order valence-electron chi connectivity index (χ1n) is 2.39. The van der Waals surface area contributed by atoms with Crippen LogP contribution in [0.25, 0.3) is 0 Å². The second-order valence-corrected chi connectivity index (χ2v) is 1.57. The fraction of sp³-hybridized carbons (Fsp3) is 0.429. The van der Waals surface area contributed by atoms with Crippen LogP contribution in [0.4, 0.5) is 0 Å². The first-order chi connectivity index (χ1) is 3.81. The largest absolute Gasteiger partial charge is 0.462 e. The molecule has 0 spiro atoms. The monoisotopic (exact) mass is 108 g/mol. The summed E-state index contributed by atoms with van der Waals surface area (Å²) in [6.07, 6.45) is 7.37. The molecule has 1 heteroatoms. The summed E-state index contributed by atoms with van der Waals surface area (Å²) in [4.78, 5) is 0. The average Bonchev–Trinajstić information content (AvgIpc) is 1.68. The third-order valence-corrected chi connectivity index (χ3v) is 0.735. The normalized spacial score (nSPS) is 10.5. The van der Waals surface area contributed by atoms with Crippen LogP contribution < -0.4 is 0 Å². The number of hydrogen-bond acceptors (Lipinski definition) is 1. The quantitative estimate of drug-likeness (QED) is 0.496. The van der Waals surface area contributed by atoms with Crippen LogP contribution in [-0.2, 0) is 0 Å². The van der Waals surface area contributed by atoms with Crippen LogP contribution in [0.2, 0.25) is 0 Å². The summed E-state index contributed by atoms with van der Waals surface area (Å²) in [5, 5.41) is 8.03. The van der Waals surface area contributed by atoms with Gasteiger partial charge in [-0.15, -0.1) is 12.3 Å². The highest BCUT2D eigenvalue weighted by molar-refractivity contribution is 5.00. The van der Waals surface area contributed by atoms with E-state index in [1.807, 2.05) is 6.92 Å². The molecule has 0 aliphatic heterocycles. The number of aliphatic hydroxyl groups is 1. The van der Waals surface area contributed by atoms with Gasteiger partial charge in [-0.05, 0) is 0 Å². The standard InChI is InChI=1S/C7H8O/c1-3-4-7(2)5-6-8/h1,7-8H,4H2,2H3. The summed E-state index contributed by atoms with van der Waals surface area (Å²) >= 11 is 0. The Morgan fingerprint density at radius 3 is 2.75 bits per heavy atom. The highest BCUT2D eigenvalue weighted by atomic mass is 16.2. The number of aliphatic hydroxyl groups excluding tert-OH is 1. The highest BCUT2D eigenvalue weighted by Gasteiger charge is 1.89. The van der Waals surface area contributed by atoms with Crippen LogP contribution in [0.5, 0.6) is 0 Å². The molecule has 0 aromatic rings. The maximum atomic E-state index is 8.03. The van der Waals surface area contributed by atoms with Crippen LogP contribution >= 0.6 is 0 Å². The minimum atomic E-state index is 0.116. The third-order valence-electron chi connectivity index (χ3n) is 0.735. The van der Waals surface area contributed by atoms with Gasteiger partial charge in [-0.25, -0.2) is 0 Å². The molecule has 0 fully saturated rings. The van der Waals surface area contributed by atoms with Crippen LogP contribution in [0.3, 0.4) is 0 Å². The Hall–Kier alpha value is -1.08. The summed E-state index contributed by atoms with van der Waals surface area (Å²) < 4.78 is 0. The fourth-order valence-electron chi connectivity index (χ4n) is 0.338. The third kappa shape index (κ3) is 3.12. The van der Waals surface area contributed by atoms with Crippen molar-refractivity contribution in [1.82, 2.24) is 0 Å². The zero-order valence-corrected chi connectivity index (χ0v) is 4.81. The minimum absolute atomic E-state index is 0.116. The lowest BCUT2D eigenvalue weighted by Gasteiger charge is -1.90. The molecule has 0 rings (SSSR count). The molecule has 0 heterocycles. The molecule has 0 aromatic carbocycles. The second-order valence-electron chi connectivity index (χ2n) is 1.57. The molecule has 1 unspecified atom stereocenters. The number of hydrogen-bond donors (Lipinski definition) is 1. The van der Waals surface area contributed by atoms with E-state index in [1.165, 1.54) is 0 Å². The molecule has 0 radical (unpaired) electrons. The summed E-state index contributed by atoms with van der Waals surface area (Å²) in [7, 11) is 0. The molecule has 8 heavy (non-hydrogen) atoms. The van der Waals surface area contributed by atoms with Gasteiger partial charge in [-0.3, -0.25) is 0 Å². The molecule has 0 aliphatic rings. The van der Waals surface area contributed by atoms with Crippen molar-refractivity contribution in [3.05, 3.63) is 0 Å². The Labute approximate surface area is 49.7 Å². The van der Waals surface area contributed by atoms with Crippen LogP contribution in [-0.4, -0.2) is 5.11 Å². The summed E-state index contributed by atoms with van der Waals surface area (Å²) in [6.45, 7) is 1.86. The Kier molecular flexibility index (Phi) is 3.54. The Morgan fingerprint density at radius 1 is 1.75 bits per heavy atom. The van der Waals surface area contributed by atoms with Crippen molar-refractivity contribution < 1.29 is 5.11 Å². The van der Waals surface area contributed by atoms with E-state index in [0.717, 1.165) is 0 Å². The predicted octanol–water partition coefficient (Wildman–Crippen LogP) is 0.979. The van der Waals surface area contributed by atoms with E-state index < -0.39 is 0 Å². The van der Waals surface area contributed by atoms with Crippen molar-refractivity contribution in [1.29, 1.82) is 0 Å². The molecule has 0 aromatic heterocycles. The van der Waals surface area contributed by atoms with E-state index in [9.17, 15) is 0 Å². The SMILES string of the molecule is C#CCC(C)C#CO. The van der Waals surface area contributed by atoms with Gasteiger partial charge in [0.05, 0.1) is 0 Å². The predicted molar refractivity (Wildman–Crippen MR) is 32.3 cm³/mol. The fourth-order valence-corrected chi connectivity index (χ4v) is 0.338. The molecular formula is C7H8O. The molecule has 0 saturated carbocycles. The van der Waals surface area contributed by atoms with Crippen molar-refractivity contribution in [2.45, 2.75) is 13.3 Å². The van der Waals surface area contributed by atoms with Crippen molar-refractivity contribution in [3.8, 4) is 24.4 Å². The van der Waals surface area contributed by atoms with Crippen molar-refractivity contribution >= 4 is 0 Å². The van der Waals surface area contributed by atoms with Crippen LogP contribution in [0, 0.1) is 30.3 Å². The van der Waals surface area contributed by atoms with E-state index in [1.54, 1.807) is 6.11 Å². The lowest BCUT2D eigenvalue weighted by Crippen LogP contribution is -1.85. The zero-order chi connectivity index (χ0) is 6.41. The summed E-state index contributed by atoms with van der Waals surface area (Å²) in [6, 6.07) is 0. The number of terminal acetylenes is 1. The van der Waals surface area contributed by atoms with E-state index in [2.05, 4.69) is 11.8 Å². The van der Waals surface area contributed by atoms with Gasteiger partial charge < -0.3 is 5.11 Å². The molecule has 42 valence electrons. The smallest absolute Gasteiger partial charge is 0.107 e. The summed E-state index contributed by atoms with van der Waals surface area (Å²) in [5.74, 6) is 5.06. The van der Waals surface area contributed by atoms with Crippen LogP contribution in [0.15, 0.2) is 0 Å². The maximum absolute atomic E-state index is 8.03. The van der Waals surface area contributed by atoms with Crippen molar-refractivity contribution in [2.24, 2.45) is 5.92 Å². The molecule has 1 nitrogen and oxygen atoms in total. The highest BCUT2D eigenvalue weighted by Crippen LogP contribution is 1.95. The van der Waals surface area contributed by atoms with E-state index in [0.29, 0.717) is 6.42 Å². The van der Waals surface area contributed by atoms with Gasteiger partial charge in [0.25, 0.3) is 0 Å². The molecular weight excluding hydrogens is 100 g/mol. The average molecular weight is 108 g/mol. The van der Waals surface area contributed by atoms with Crippen LogP contribution in [0.1, 0.15) is 13.3 Å². The molecule has 0 saturated heterocycles. The van der Waals surface area contributed by atoms with Gasteiger partial charge in [0.1, 0.15) is 6.11 Å². The van der Waals surface area contributed by atoms with Gasteiger partial charge >= 0.3 is 0 Å². The van der Waals surface area contributed by atoms with Gasteiger partial charge in [0, 0.05) is 12.3 Å². The molecule has 0 aliphatic carbocycles. The maximum Gasteiger partial charge on any atom is 0.107 e. The Morgan fingerprint density at radius 2 is 2.38 bits per heavy atom. The van der Waals surface area contributed by atoms with Crippen molar-refractivity contribution in [2.75, 3.05) is 0 Å². The van der Waals surface area contributed by atoms with E-state index >= 15 is 0 Å². The molecule has 0 amide bonds. The zero-order valence-electron chi connectivity index (χ0n) is 4.81. The topological polar surface area (TPSA) is 20.2 Å². The first-order valence-corrected chi connectivity index (χ1v) is 2.39. The minimum Gasteiger partial charge on any atom is -0.462 e.